The van der Waals surface area contributed by atoms with E-state index in [9.17, 15) is 0 Å². The van der Waals surface area contributed by atoms with E-state index >= 15 is 0 Å². The molecule has 0 aromatic carbocycles. The quantitative estimate of drug-likeness (QED) is 0.164. The van der Waals surface area contributed by atoms with Crippen molar-refractivity contribution < 1.29 is 20.2 Å². The van der Waals surface area contributed by atoms with Crippen LogP contribution in [0.5, 0.6) is 0 Å². The fourth-order valence-corrected chi connectivity index (χ4v) is 0.453. The molecule has 1 aliphatic rings. The smallest absolute Gasteiger partial charge is 0.350 e. The van der Waals surface area contributed by atoms with Gasteiger partial charge in [-0.15, -0.1) is 0 Å². The summed E-state index contributed by atoms with van der Waals surface area (Å²) < 4.78 is 0.299. The zero-order chi connectivity index (χ0) is 6.20. The second-order valence-electron chi connectivity index (χ2n) is 1.63. The lowest BCUT2D eigenvalue weighted by molar-refractivity contribution is -0.876. The van der Waals surface area contributed by atoms with E-state index < -0.39 is 5.91 Å². The van der Waals surface area contributed by atoms with Crippen LogP contribution >= 0.6 is 0 Å². The maximum absolute atomic E-state index is 8.60. The van der Waals surface area contributed by atoms with Gasteiger partial charge in [0.05, 0.1) is 0 Å². The third kappa shape index (κ3) is 0.613. The molecule has 0 amide bonds. The Kier molecular flexibility index (Phi) is 0.887. The Labute approximate surface area is 45.5 Å². The summed E-state index contributed by atoms with van der Waals surface area (Å²) in [5.41, 5.74) is 0. The molecule has 0 saturated carbocycles. The van der Waals surface area contributed by atoms with Crippen LogP contribution in [0, 0.1) is 0 Å². The van der Waals surface area contributed by atoms with Gasteiger partial charge in [0.25, 0.3) is 6.34 Å². The molecule has 8 heavy (non-hydrogen) atoms. The molecule has 0 bridgehead atoms. The molecular weight excluding hydrogens is 112 g/mol. The van der Waals surface area contributed by atoms with E-state index in [2.05, 4.69) is 5.32 Å². The molecule has 0 aromatic heterocycles. The van der Waals surface area contributed by atoms with Gasteiger partial charge in [-0.1, -0.05) is 0 Å². The first-order chi connectivity index (χ1) is 3.63. The third-order valence-electron chi connectivity index (χ3n) is 0.920. The summed E-state index contributed by atoms with van der Waals surface area (Å²) in [5.74, 6) is -2.12. The number of hydrogen-bond donors (Lipinski definition) is 4. The summed E-state index contributed by atoms with van der Waals surface area (Å²) >= 11 is 0. The minimum Gasteiger partial charge on any atom is -0.350 e. The van der Waals surface area contributed by atoms with Gasteiger partial charge in [0.1, 0.15) is 0 Å². The first-order valence-corrected chi connectivity index (χ1v) is 2.12. The van der Waals surface area contributed by atoms with Gasteiger partial charge in [0.2, 0.25) is 0 Å². The molecular formula is C3H7N2O3+. The normalized spacial score (nSPS) is 24.5. The summed E-state index contributed by atoms with van der Waals surface area (Å²) in [4.78, 5) is 0. The Morgan fingerprint density at radius 1 is 1.62 bits per heavy atom. The number of nitrogens with one attached hydrogen (secondary N) is 1. The maximum Gasteiger partial charge on any atom is 0.394 e. The monoisotopic (exact) mass is 119 g/mol. The molecule has 46 valence electrons. The number of hydroxylamine groups is 1. The van der Waals surface area contributed by atoms with E-state index in [1.54, 1.807) is 0 Å². The number of β-amino-alcohol motifs (C(OH)–C–C–N with tert-alkyl or cyclic N) is 2. The fraction of sp³-hybridized carbons (Fsp3) is 0.667. The summed E-state index contributed by atoms with van der Waals surface area (Å²) in [6.45, 7) is -0.0799. The first kappa shape index (κ1) is 5.33. The average molecular weight is 119 g/mol. The van der Waals surface area contributed by atoms with E-state index in [-0.39, 0.29) is 6.54 Å². The SMILES string of the molecule is O[N+]1=CNCC1(O)O. The number of hydrogen-bond acceptors (Lipinski definition) is 4. The van der Waals surface area contributed by atoms with Crippen LogP contribution < -0.4 is 5.32 Å². The molecule has 1 rings (SSSR count). The Bertz CT molecular complexity index is 130. The van der Waals surface area contributed by atoms with Crippen molar-refractivity contribution in [3.63, 3.8) is 0 Å². The van der Waals surface area contributed by atoms with Gasteiger partial charge in [-0.25, -0.2) is 0 Å². The molecule has 0 unspecified atom stereocenters. The van der Waals surface area contributed by atoms with Crippen LogP contribution in [0.25, 0.3) is 0 Å². The van der Waals surface area contributed by atoms with Gasteiger partial charge < -0.3 is 15.4 Å². The van der Waals surface area contributed by atoms with Crippen molar-refractivity contribution in [3.8, 4) is 0 Å². The van der Waals surface area contributed by atoms with Crippen molar-refractivity contribution in [3.05, 3.63) is 0 Å². The van der Waals surface area contributed by atoms with Gasteiger partial charge in [-0.3, -0.25) is 5.32 Å². The lowest BCUT2D eigenvalue weighted by Gasteiger charge is -2.06. The highest BCUT2D eigenvalue weighted by Crippen LogP contribution is 1.98. The predicted molar refractivity (Wildman–Crippen MR) is 23.3 cm³/mol. The molecule has 0 fully saturated rings. The molecule has 5 nitrogen and oxygen atoms in total. The predicted octanol–water partition coefficient (Wildman–Crippen LogP) is -2.34. The van der Waals surface area contributed by atoms with Crippen molar-refractivity contribution >= 4 is 6.34 Å². The van der Waals surface area contributed by atoms with E-state index in [1.807, 2.05) is 0 Å². The highest BCUT2D eigenvalue weighted by molar-refractivity contribution is 5.49. The molecule has 5 heteroatoms. The second-order valence-corrected chi connectivity index (χ2v) is 1.63. The van der Waals surface area contributed by atoms with Crippen LogP contribution in [-0.4, -0.2) is 39.0 Å². The highest BCUT2D eigenvalue weighted by Gasteiger charge is 2.39. The number of aliphatic hydroxyl groups is 2. The first-order valence-electron chi connectivity index (χ1n) is 2.12. The van der Waals surface area contributed by atoms with Crippen molar-refractivity contribution in [1.29, 1.82) is 0 Å². The Hall–Kier alpha value is -0.810. The van der Waals surface area contributed by atoms with Crippen molar-refractivity contribution in [1.82, 2.24) is 5.32 Å². The molecule has 0 aliphatic carbocycles. The summed E-state index contributed by atoms with van der Waals surface area (Å²) in [5, 5.41) is 28.1. The van der Waals surface area contributed by atoms with Crippen molar-refractivity contribution in [2.75, 3.05) is 6.54 Å². The molecule has 4 N–H and O–H groups in total. The Morgan fingerprint density at radius 3 is 2.38 bits per heavy atom. The number of rotatable bonds is 0. The summed E-state index contributed by atoms with van der Waals surface area (Å²) in [6, 6.07) is 0. The fourth-order valence-electron chi connectivity index (χ4n) is 0.453. The maximum atomic E-state index is 8.60. The average Bonchev–Trinajstić information content (AvgIpc) is 1.86. The van der Waals surface area contributed by atoms with Crippen LogP contribution in [0.1, 0.15) is 0 Å². The highest BCUT2D eigenvalue weighted by atomic mass is 16.6. The standard InChI is InChI=1S/C3H6N2O3/c6-3(7)1-4-2-5(3)8/h2,6-8H,1H2/p+1. The van der Waals surface area contributed by atoms with Crippen LogP contribution in [0.2, 0.25) is 0 Å². The van der Waals surface area contributed by atoms with Crippen LogP contribution in [-0.2, 0) is 0 Å². The van der Waals surface area contributed by atoms with Crippen molar-refractivity contribution in [2.24, 2.45) is 0 Å². The van der Waals surface area contributed by atoms with E-state index in [0.29, 0.717) is 4.74 Å². The Morgan fingerprint density at radius 2 is 2.25 bits per heavy atom. The van der Waals surface area contributed by atoms with Gasteiger partial charge in [-0.2, -0.15) is 0 Å². The Balaban J connectivity index is 2.73. The molecule has 0 aromatic rings. The number of nitrogens with zero attached hydrogens (tertiary/aromatic N) is 1. The lowest BCUT2D eigenvalue weighted by Crippen LogP contribution is -2.40. The minimum absolute atomic E-state index is 0.0799. The van der Waals surface area contributed by atoms with Crippen molar-refractivity contribution in [2.45, 2.75) is 5.91 Å². The van der Waals surface area contributed by atoms with Gasteiger partial charge in [0, 0.05) is 0 Å². The zero-order valence-electron chi connectivity index (χ0n) is 4.07. The second kappa shape index (κ2) is 1.33. The topological polar surface area (TPSA) is 75.7 Å². The summed E-state index contributed by atoms with van der Waals surface area (Å²) in [6.07, 6.45) is 1.07. The van der Waals surface area contributed by atoms with Gasteiger partial charge >= 0.3 is 5.91 Å². The van der Waals surface area contributed by atoms with E-state index in [1.165, 1.54) is 0 Å². The van der Waals surface area contributed by atoms with Gasteiger partial charge in [0.15, 0.2) is 6.54 Å². The molecule has 0 spiro atoms. The van der Waals surface area contributed by atoms with Gasteiger partial charge in [-0.05, 0) is 4.74 Å². The molecule has 1 aliphatic heterocycles. The van der Waals surface area contributed by atoms with Crippen LogP contribution in [0.15, 0.2) is 0 Å². The minimum atomic E-state index is -2.12. The molecule has 1 heterocycles. The van der Waals surface area contributed by atoms with Crippen LogP contribution in [0.4, 0.5) is 0 Å². The molecule has 0 atom stereocenters. The molecule has 0 radical (unpaired) electrons. The lowest BCUT2D eigenvalue weighted by atomic mass is 10.5. The van der Waals surface area contributed by atoms with Crippen LogP contribution in [0.3, 0.4) is 0 Å². The zero-order valence-corrected chi connectivity index (χ0v) is 4.07. The molecule has 0 saturated heterocycles. The van der Waals surface area contributed by atoms with E-state index in [0.717, 1.165) is 6.34 Å². The third-order valence-corrected chi connectivity index (χ3v) is 0.920. The summed E-state index contributed by atoms with van der Waals surface area (Å²) in [7, 11) is 0. The largest absolute Gasteiger partial charge is 0.394 e. The van der Waals surface area contributed by atoms with E-state index in [4.69, 9.17) is 15.4 Å².